The van der Waals surface area contributed by atoms with E-state index in [9.17, 15) is 4.79 Å². The highest BCUT2D eigenvalue weighted by Gasteiger charge is 2.21. The Morgan fingerprint density at radius 2 is 2.24 bits per heavy atom. The average molecular weight is 392 g/mol. The minimum Gasteiger partial charge on any atom is -0.493 e. The van der Waals surface area contributed by atoms with Gasteiger partial charge in [0.15, 0.2) is 5.65 Å². The van der Waals surface area contributed by atoms with Crippen molar-refractivity contribution in [3.63, 3.8) is 0 Å². The zero-order valence-electron chi connectivity index (χ0n) is 16.3. The van der Waals surface area contributed by atoms with E-state index >= 15 is 0 Å². The Morgan fingerprint density at radius 3 is 3.21 bits per heavy atom. The molecule has 4 heterocycles. The molecule has 1 unspecified atom stereocenters. The van der Waals surface area contributed by atoms with E-state index in [1.165, 1.54) is 15.6 Å². The number of tetrazole rings is 1. The number of hydrogen-bond acceptors (Lipinski definition) is 6. The van der Waals surface area contributed by atoms with Gasteiger partial charge in [0.2, 0.25) is 0 Å². The number of amides is 1. The van der Waals surface area contributed by atoms with Crippen molar-refractivity contribution in [3.05, 3.63) is 53.2 Å². The molecule has 0 aliphatic carbocycles. The van der Waals surface area contributed by atoms with Crippen molar-refractivity contribution in [2.45, 2.75) is 25.8 Å². The van der Waals surface area contributed by atoms with Gasteiger partial charge in [-0.05, 0) is 65.1 Å². The first-order chi connectivity index (χ1) is 14.2. The Balaban J connectivity index is 1.16. The van der Waals surface area contributed by atoms with Crippen molar-refractivity contribution < 1.29 is 9.53 Å². The van der Waals surface area contributed by atoms with Crippen molar-refractivity contribution in [3.8, 4) is 5.75 Å². The summed E-state index contributed by atoms with van der Waals surface area (Å²) in [5.41, 5.74) is 3.86. The summed E-state index contributed by atoms with van der Waals surface area (Å²) in [6.07, 6.45) is 4.97. The predicted octanol–water partition coefficient (Wildman–Crippen LogP) is 1.70. The summed E-state index contributed by atoms with van der Waals surface area (Å²) in [5, 5.41) is 14.4. The number of fused-ring (bicyclic) bond motifs is 2. The topological polar surface area (TPSA) is 84.7 Å². The number of likely N-dealkylation sites (tertiary alicyclic amines) is 1. The summed E-state index contributed by atoms with van der Waals surface area (Å²) < 4.78 is 7.12. The fourth-order valence-corrected chi connectivity index (χ4v) is 4.27. The molecule has 2 aromatic heterocycles. The number of pyridine rings is 1. The molecule has 0 spiro atoms. The molecule has 1 amide bonds. The Morgan fingerprint density at radius 1 is 1.28 bits per heavy atom. The second-order valence-corrected chi connectivity index (χ2v) is 7.89. The standard InChI is InChI=1S/C21H24N6O2/c28-21(18-4-6-20-23-24-25-27(20)14-18)22-11-16-2-1-8-26(13-16)12-15-3-5-19-17(10-15)7-9-29-19/h3-6,10,14,16H,1-2,7-9,11-13H2,(H,22,28). The summed E-state index contributed by atoms with van der Waals surface area (Å²) in [5.74, 6) is 1.41. The lowest BCUT2D eigenvalue weighted by Gasteiger charge is -2.33. The van der Waals surface area contributed by atoms with Gasteiger partial charge in [0.25, 0.3) is 5.91 Å². The van der Waals surface area contributed by atoms with E-state index in [1.54, 1.807) is 18.3 Å². The van der Waals surface area contributed by atoms with E-state index in [4.69, 9.17) is 4.74 Å². The quantitative estimate of drug-likeness (QED) is 0.712. The van der Waals surface area contributed by atoms with Crippen LogP contribution in [0.2, 0.25) is 0 Å². The van der Waals surface area contributed by atoms with Gasteiger partial charge in [-0.2, -0.15) is 4.52 Å². The Bertz CT molecular complexity index is 1030. The number of ether oxygens (including phenoxy) is 1. The summed E-state index contributed by atoms with van der Waals surface area (Å²) in [6, 6.07) is 10.1. The molecule has 1 aromatic carbocycles. The van der Waals surface area contributed by atoms with Crippen LogP contribution >= 0.6 is 0 Å². The minimum atomic E-state index is -0.0851. The minimum absolute atomic E-state index is 0.0851. The van der Waals surface area contributed by atoms with Gasteiger partial charge in [0.1, 0.15) is 5.75 Å². The van der Waals surface area contributed by atoms with Crippen molar-refractivity contribution in [1.82, 2.24) is 30.3 Å². The number of carbonyl (C=O) groups is 1. The maximum Gasteiger partial charge on any atom is 0.252 e. The highest BCUT2D eigenvalue weighted by atomic mass is 16.5. The molecule has 0 radical (unpaired) electrons. The molecule has 3 aromatic rings. The average Bonchev–Trinajstić information content (AvgIpc) is 3.40. The lowest BCUT2D eigenvalue weighted by molar-refractivity contribution is 0.0930. The fraction of sp³-hybridized carbons (Fsp3) is 0.429. The molecule has 1 saturated heterocycles. The Hall–Kier alpha value is -3.00. The lowest BCUT2D eigenvalue weighted by Crippen LogP contribution is -2.40. The van der Waals surface area contributed by atoms with E-state index in [0.29, 0.717) is 23.7 Å². The Labute approximate surface area is 168 Å². The monoisotopic (exact) mass is 392 g/mol. The van der Waals surface area contributed by atoms with Crippen molar-refractivity contribution in [1.29, 1.82) is 0 Å². The van der Waals surface area contributed by atoms with Gasteiger partial charge in [0.05, 0.1) is 12.2 Å². The van der Waals surface area contributed by atoms with Crippen LogP contribution in [0.5, 0.6) is 5.75 Å². The smallest absolute Gasteiger partial charge is 0.252 e. The lowest BCUT2D eigenvalue weighted by atomic mass is 9.97. The number of benzene rings is 1. The molecule has 8 heteroatoms. The molecule has 150 valence electrons. The first kappa shape index (κ1) is 18.1. The third-order valence-corrected chi connectivity index (χ3v) is 5.77. The van der Waals surface area contributed by atoms with Crippen LogP contribution in [0.25, 0.3) is 5.65 Å². The summed E-state index contributed by atoms with van der Waals surface area (Å²) >= 11 is 0. The van der Waals surface area contributed by atoms with Gasteiger partial charge in [-0.1, -0.05) is 12.1 Å². The van der Waals surface area contributed by atoms with Crippen molar-refractivity contribution >= 4 is 11.6 Å². The van der Waals surface area contributed by atoms with Crippen LogP contribution in [0, 0.1) is 5.92 Å². The molecule has 0 saturated carbocycles. The van der Waals surface area contributed by atoms with Crippen LogP contribution in [-0.4, -0.2) is 57.1 Å². The van der Waals surface area contributed by atoms with Gasteiger partial charge in [-0.25, -0.2) is 0 Å². The second-order valence-electron chi connectivity index (χ2n) is 7.89. The van der Waals surface area contributed by atoms with Crippen LogP contribution in [-0.2, 0) is 13.0 Å². The molecule has 0 bridgehead atoms. The van der Waals surface area contributed by atoms with E-state index in [-0.39, 0.29) is 5.91 Å². The number of rotatable bonds is 5. The number of carbonyl (C=O) groups excluding carboxylic acids is 1. The van der Waals surface area contributed by atoms with Gasteiger partial charge in [-0.3, -0.25) is 9.69 Å². The molecule has 1 fully saturated rings. The SMILES string of the molecule is O=C(NCC1CCCN(Cc2ccc3c(c2)CCO3)C1)c1ccc2nnnn2c1. The van der Waals surface area contributed by atoms with Crippen molar-refractivity contribution in [2.75, 3.05) is 26.2 Å². The molecular weight excluding hydrogens is 368 g/mol. The van der Waals surface area contributed by atoms with Crippen LogP contribution < -0.4 is 10.1 Å². The highest BCUT2D eigenvalue weighted by molar-refractivity contribution is 5.94. The van der Waals surface area contributed by atoms with E-state index < -0.39 is 0 Å². The van der Waals surface area contributed by atoms with Gasteiger partial charge >= 0.3 is 0 Å². The first-order valence-electron chi connectivity index (χ1n) is 10.2. The summed E-state index contributed by atoms with van der Waals surface area (Å²) in [7, 11) is 0. The zero-order chi connectivity index (χ0) is 19.6. The third kappa shape index (κ3) is 3.93. The normalized spacial score (nSPS) is 19.1. The molecule has 2 aliphatic heterocycles. The summed E-state index contributed by atoms with van der Waals surface area (Å²) in [6.45, 7) is 4.53. The first-order valence-corrected chi connectivity index (χ1v) is 10.2. The molecule has 8 nitrogen and oxygen atoms in total. The number of hydrogen-bond donors (Lipinski definition) is 1. The molecule has 2 aliphatic rings. The van der Waals surface area contributed by atoms with E-state index in [1.807, 2.05) is 0 Å². The largest absolute Gasteiger partial charge is 0.493 e. The van der Waals surface area contributed by atoms with Gasteiger partial charge in [0, 0.05) is 32.3 Å². The molecule has 5 rings (SSSR count). The number of nitrogens with one attached hydrogen (secondary N) is 1. The molecular formula is C21H24N6O2. The number of aromatic nitrogens is 4. The molecule has 29 heavy (non-hydrogen) atoms. The maximum atomic E-state index is 12.5. The summed E-state index contributed by atoms with van der Waals surface area (Å²) in [4.78, 5) is 15.0. The van der Waals surface area contributed by atoms with Gasteiger partial charge < -0.3 is 10.1 Å². The number of piperidine rings is 1. The van der Waals surface area contributed by atoms with Crippen molar-refractivity contribution in [2.24, 2.45) is 5.92 Å². The maximum absolute atomic E-state index is 12.5. The number of nitrogens with zero attached hydrogens (tertiary/aromatic N) is 5. The van der Waals surface area contributed by atoms with Crippen LogP contribution in [0.3, 0.4) is 0 Å². The fourth-order valence-electron chi connectivity index (χ4n) is 4.27. The van der Waals surface area contributed by atoms with Crippen LogP contribution in [0.15, 0.2) is 36.5 Å². The third-order valence-electron chi connectivity index (χ3n) is 5.77. The molecule has 1 atom stereocenters. The van der Waals surface area contributed by atoms with Crippen LogP contribution in [0.1, 0.15) is 34.3 Å². The van der Waals surface area contributed by atoms with E-state index in [0.717, 1.165) is 51.3 Å². The molecule has 1 N–H and O–H groups in total. The predicted molar refractivity (Wildman–Crippen MR) is 107 cm³/mol. The van der Waals surface area contributed by atoms with Crippen LogP contribution in [0.4, 0.5) is 0 Å². The highest BCUT2D eigenvalue weighted by Crippen LogP contribution is 2.27. The second kappa shape index (κ2) is 7.79. The van der Waals surface area contributed by atoms with E-state index in [2.05, 4.69) is 43.9 Å². The Kier molecular flexibility index (Phi) is 4.85. The zero-order valence-corrected chi connectivity index (χ0v) is 16.3. The van der Waals surface area contributed by atoms with Gasteiger partial charge in [-0.15, -0.1) is 5.10 Å².